The highest BCUT2D eigenvalue weighted by molar-refractivity contribution is 8.00. The molecule has 25 heavy (non-hydrogen) atoms. The fraction of sp³-hybridized carbons (Fsp3) is 0.500. The van der Waals surface area contributed by atoms with Gasteiger partial charge in [0.2, 0.25) is 5.91 Å². The Kier molecular flexibility index (Phi) is 4.77. The van der Waals surface area contributed by atoms with Crippen molar-refractivity contribution in [2.45, 2.75) is 55.2 Å². The average Bonchev–Trinajstić information content (AvgIpc) is 2.57. The van der Waals surface area contributed by atoms with Crippen LogP contribution in [-0.4, -0.2) is 33.7 Å². The van der Waals surface area contributed by atoms with Gasteiger partial charge in [0, 0.05) is 10.5 Å². The molecule has 1 aliphatic carbocycles. The minimum absolute atomic E-state index is 0.0988. The predicted molar refractivity (Wildman–Crippen MR) is 95.9 cm³/mol. The molecule has 0 radical (unpaired) electrons. The van der Waals surface area contributed by atoms with E-state index in [1.54, 1.807) is 18.2 Å². The van der Waals surface area contributed by atoms with Gasteiger partial charge in [-0.3, -0.25) is 9.59 Å². The van der Waals surface area contributed by atoms with Gasteiger partial charge in [-0.25, -0.2) is 4.79 Å². The number of nitrogens with one attached hydrogen (secondary N) is 2. The zero-order valence-corrected chi connectivity index (χ0v) is 15.1. The van der Waals surface area contributed by atoms with E-state index in [1.165, 1.54) is 11.8 Å². The quantitative estimate of drug-likeness (QED) is 0.768. The maximum Gasteiger partial charge on any atom is 0.329 e. The third kappa shape index (κ3) is 3.51. The number of hydrogen-bond acceptors (Lipinski definition) is 4. The first-order valence-electron chi connectivity index (χ1n) is 8.48. The lowest BCUT2D eigenvalue weighted by molar-refractivity contribution is -0.146. The van der Waals surface area contributed by atoms with Crippen molar-refractivity contribution in [3.63, 3.8) is 0 Å². The van der Waals surface area contributed by atoms with Crippen molar-refractivity contribution in [3.05, 3.63) is 23.8 Å². The number of carboxylic acids is 1. The lowest BCUT2D eigenvalue weighted by Crippen LogP contribution is -2.56. The number of thioether (sulfide) groups is 1. The average molecular weight is 362 g/mol. The van der Waals surface area contributed by atoms with Crippen LogP contribution in [0.4, 0.5) is 5.69 Å². The first kappa shape index (κ1) is 17.8. The Morgan fingerprint density at radius 2 is 1.96 bits per heavy atom. The van der Waals surface area contributed by atoms with Crippen LogP contribution in [0.1, 0.15) is 49.9 Å². The molecule has 3 N–H and O–H groups in total. The third-order valence-electron chi connectivity index (χ3n) is 5.06. The van der Waals surface area contributed by atoms with E-state index in [-0.39, 0.29) is 11.2 Å². The molecule has 134 valence electrons. The number of carboxylic acid groups (broad SMARTS) is 1. The van der Waals surface area contributed by atoms with Crippen molar-refractivity contribution >= 4 is 35.2 Å². The minimum Gasteiger partial charge on any atom is -0.480 e. The molecule has 0 bridgehead atoms. The van der Waals surface area contributed by atoms with Crippen molar-refractivity contribution < 1.29 is 19.5 Å². The van der Waals surface area contributed by atoms with Crippen LogP contribution in [0.3, 0.4) is 0 Å². The van der Waals surface area contributed by atoms with E-state index in [2.05, 4.69) is 17.6 Å². The second-order valence-electron chi connectivity index (χ2n) is 6.98. The van der Waals surface area contributed by atoms with Gasteiger partial charge in [-0.05, 0) is 56.7 Å². The van der Waals surface area contributed by atoms with E-state index in [1.807, 2.05) is 6.92 Å². The highest BCUT2D eigenvalue weighted by Gasteiger charge is 2.42. The zero-order valence-electron chi connectivity index (χ0n) is 14.3. The summed E-state index contributed by atoms with van der Waals surface area (Å²) in [6.45, 7) is 3.92. The van der Waals surface area contributed by atoms with Gasteiger partial charge in [0.15, 0.2) is 0 Å². The molecule has 1 aliphatic heterocycles. The predicted octanol–water partition coefficient (Wildman–Crippen LogP) is 2.88. The Bertz CT molecular complexity index is 726. The molecule has 2 amide bonds. The number of hydrogen-bond donors (Lipinski definition) is 3. The topological polar surface area (TPSA) is 95.5 Å². The second kappa shape index (κ2) is 6.71. The Hall–Kier alpha value is -2.02. The van der Waals surface area contributed by atoms with Crippen LogP contribution in [0.5, 0.6) is 0 Å². The summed E-state index contributed by atoms with van der Waals surface area (Å²) in [6, 6.07) is 5.08. The summed E-state index contributed by atoms with van der Waals surface area (Å²) >= 11 is 1.44. The number of benzene rings is 1. The lowest BCUT2D eigenvalue weighted by atomic mass is 9.77. The van der Waals surface area contributed by atoms with Crippen molar-refractivity contribution in [1.82, 2.24) is 5.32 Å². The molecule has 1 saturated carbocycles. The van der Waals surface area contributed by atoms with E-state index in [4.69, 9.17) is 0 Å². The smallest absolute Gasteiger partial charge is 0.329 e. The Labute approximate surface area is 150 Å². The number of anilines is 1. The molecule has 1 aromatic rings. The van der Waals surface area contributed by atoms with Gasteiger partial charge in [0.1, 0.15) is 5.54 Å². The number of carbonyl (C=O) groups excluding carboxylic acids is 2. The zero-order chi connectivity index (χ0) is 18.2. The van der Waals surface area contributed by atoms with E-state index in [0.717, 1.165) is 17.7 Å². The van der Waals surface area contributed by atoms with Gasteiger partial charge in [-0.15, -0.1) is 11.8 Å². The monoisotopic (exact) mass is 362 g/mol. The number of aliphatic carboxylic acids is 1. The summed E-state index contributed by atoms with van der Waals surface area (Å²) in [4.78, 5) is 37.1. The standard InChI is InChI=1S/C18H22N2O4S/c1-10-5-7-18(8-6-10,17(23)24)20-16(22)12-3-4-14-13(9-12)19-15(21)11(2)25-14/h3-4,9-11H,5-8H2,1-2H3,(H,19,21)(H,20,22)(H,23,24). The van der Waals surface area contributed by atoms with Gasteiger partial charge in [0.05, 0.1) is 10.9 Å². The molecule has 0 spiro atoms. The molecule has 3 rings (SSSR count). The summed E-state index contributed by atoms with van der Waals surface area (Å²) in [7, 11) is 0. The number of carbonyl (C=O) groups is 3. The van der Waals surface area contributed by atoms with Gasteiger partial charge in [-0.2, -0.15) is 0 Å². The van der Waals surface area contributed by atoms with E-state index in [9.17, 15) is 19.5 Å². The molecule has 6 nitrogen and oxygen atoms in total. The molecule has 7 heteroatoms. The Morgan fingerprint density at radius 1 is 1.28 bits per heavy atom. The van der Waals surface area contributed by atoms with Crippen LogP contribution >= 0.6 is 11.8 Å². The first-order chi connectivity index (χ1) is 11.8. The minimum atomic E-state index is -1.20. The van der Waals surface area contributed by atoms with Crippen molar-refractivity contribution in [1.29, 1.82) is 0 Å². The van der Waals surface area contributed by atoms with Crippen LogP contribution in [0.2, 0.25) is 0 Å². The number of amides is 2. The fourth-order valence-electron chi connectivity index (χ4n) is 3.29. The summed E-state index contributed by atoms with van der Waals surface area (Å²) in [5, 5.41) is 15.0. The van der Waals surface area contributed by atoms with Crippen LogP contribution in [0.25, 0.3) is 0 Å². The molecule has 0 aromatic heterocycles. The number of fused-ring (bicyclic) bond motifs is 1. The first-order valence-corrected chi connectivity index (χ1v) is 9.36. The largest absolute Gasteiger partial charge is 0.480 e. The molecule has 1 aromatic carbocycles. The van der Waals surface area contributed by atoms with E-state index >= 15 is 0 Å². The SMILES string of the molecule is CC1CCC(NC(=O)c2ccc3c(c2)NC(=O)C(C)S3)(C(=O)O)CC1. The second-order valence-corrected chi connectivity index (χ2v) is 8.37. The van der Waals surface area contributed by atoms with Crippen LogP contribution < -0.4 is 10.6 Å². The third-order valence-corrected chi connectivity index (χ3v) is 6.24. The van der Waals surface area contributed by atoms with Gasteiger partial charge in [-0.1, -0.05) is 6.92 Å². The molecular formula is C18H22N2O4S. The van der Waals surface area contributed by atoms with Crippen LogP contribution in [0.15, 0.2) is 23.1 Å². The van der Waals surface area contributed by atoms with E-state index in [0.29, 0.717) is 30.0 Å². The molecule has 1 heterocycles. The highest BCUT2D eigenvalue weighted by Crippen LogP contribution is 2.36. The van der Waals surface area contributed by atoms with Crippen LogP contribution in [0, 0.1) is 5.92 Å². The lowest BCUT2D eigenvalue weighted by Gasteiger charge is -2.36. The van der Waals surface area contributed by atoms with E-state index < -0.39 is 17.4 Å². The van der Waals surface area contributed by atoms with Gasteiger partial charge in [0.25, 0.3) is 5.91 Å². The molecule has 1 atom stereocenters. The Balaban J connectivity index is 1.80. The van der Waals surface area contributed by atoms with Gasteiger partial charge >= 0.3 is 5.97 Å². The maximum atomic E-state index is 12.6. The summed E-state index contributed by atoms with van der Waals surface area (Å²) in [6.07, 6.45) is 2.43. The van der Waals surface area contributed by atoms with Gasteiger partial charge < -0.3 is 15.7 Å². The van der Waals surface area contributed by atoms with Crippen molar-refractivity contribution in [2.24, 2.45) is 5.92 Å². The Morgan fingerprint density at radius 3 is 2.60 bits per heavy atom. The molecule has 0 saturated heterocycles. The number of rotatable bonds is 3. The normalized spacial score (nSPS) is 28.6. The summed E-state index contributed by atoms with van der Waals surface area (Å²) in [5.74, 6) is -1.03. The molecular weight excluding hydrogens is 340 g/mol. The summed E-state index contributed by atoms with van der Waals surface area (Å²) in [5.41, 5.74) is -0.248. The maximum absolute atomic E-state index is 12.6. The molecule has 1 fully saturated rings. The van der Waals surface area contributed by atoms with Crippen molar-refractivity contribution in [2.75, 3.05) is 5.32 Å². The fourth-order valence-corrected chi connectivity index (χ4v) is 4.22. The summed E-state index contributed by atoms with van der Waals surface area (Å²) < 4.78 is 0. The van der Waals surface area contributed by atoms with Crippen molar-refractivity contribution in [3.8, 4) is 0 Å². The highest BCUT2D eigenvalue weighted by atomic mass is 32.2. The molecule has 1 unspecified atom stereocenters. The molecule has 2 aliphatic rings. The van der Waals surface area contributed by atoms with Crippen LogP contribution in [-0.2, 0) is 9.59 Å².